The van der Waals surface area contributed by atoms with Gasteiger partial charge in [0.2, 0.25) is 0 Å². The first-order valence-electron chi connectivity index (χ1n) is 7.18. The predicted molar refractivity (Wildman–Crippen MR) is 102 cm³/mol. The average Bonchev–Trinajstić information content (AvgIpc) is 2.86. The van der Waals surface area contributed by atoms with Gasteiger partial charge in [-0.2, -0.15) is 13.5 Å². The third-order valence-electron chi connectivity index (χ3n) is 3.75. The van der Waals surface area contributed by atoms with Crippen LogP contribution in [-0.2, 0) is 10.3 Å². The van der Waals surface area contributed by atoms with E-state index in [0.29, 0.717) is 21.0 Å². The zero-order valence-corrected chi connectivity index (χ0v) is 16.0. The lowest BCUT2D eigenvalue weighted by Crippen LogP contribution is -2.14. The highest BCUT2D eigenvalue weighted by molar-refractivity contribution is 14.1. The molecule has 2 aromatic carbocycles. The minimum absolute atomic E-state index is 0.370. The molecule has 5 nitrogen and oxygen atoms in total. The number of hydrogen-bond donors (Lipinski definition) is 1. The fraction of sp³-hybridized carbons (Fsp3) is 0.118. The SMILES string of the molecule is Cc1ccc(-c2nn(S(=O)(=O)O)c(C)c2-c2ccc(I)cc2)cc1. The number of aromatic nitrogens is 2. The maximum absolute atomic E-state index is 11.6. The monoisotopic (exact) mass is 454 g/mol. The van der Waals surface area contributed by atoms with Gasteiger partial charge in [-0.15, -0.1) is 4.09 Å². The van der Waals surface area contributed by atoms with Crippen molar-refractivity contribution in [3.8, 4) is 22.4 Å². The van der Waals surface area contributed by atoms with Crippen LogP contribution in [0.4, 0.5) is 0 Å². The van der Waals surface area contributed by atoms with E-state index in [1.165, 1.54) is 0 Å². The maximum atomic E-state index is 11.6. The Labute approximate surface area is 154 Å². The van der Waals surface area contributed by atoms with Gasteiger partial charge in [0, 0.05) is 14.7 Å². The molecular formula is C17H15IN2O3S. The molecule has 0 saturated carbocycles. The quantitative estimate of drug-likeness (QED) is 0.478. The first kappa shape index (κ1) is 17.1. The van der Waals surface area contributed by atoms with Crippen molar-refractivity contribution in [1.82, 2.24) is 9.19 Å². The third kappa shape index (κ3) is 3.24. The van der Waals surface area contributed by atoms with E-state index >= 15 is 0 Å². The van der Waals surface area contributed by atoms with Crippen LogP contribution < -0.4 is 0 Å². The molecule has 24 heavy (non-hydrogen) atoms. The standard InChI is InChI=1S/C17H15IN2O3S/c1-11-3-5-14(6-4-11)17-16(13-7-9-15(18)10-8-13)12(2)20(19-17)24(21,22)23/h3-10H,1-2H3,(H,21,22,23). The topological polar surface area (TPSA) is 72.2 Å². The first-order chi connectivity index (χ1) is 11.3. The second-order valence-corrected chi connectivity index (χ2v) is 7.99. The van der Waals surface area contributed by atoms with Crippen LogP contribution in [0.3, 0.4) is 0 Å². The van der Waals surface area contributed by atoms with Crippen LogP contribution in [0, 0.1) is 17.4 Å². The summed E-state index contributed by atoms with van der Waals surface area (Å²) in [7, 11) is -4.46. The molecule has 3 aromatic rings. The fourth-order valence-electron chi connectivity index (χ4n) is 2.58. The van der Waals surface area contributed by atoms with E-state index in [-0.39, 0.29) is 0 Å². The van der Waals surface area contributed by atoms with Crippen LogP contribution in [0.5, 0.6) is 0 Å². The summed E-state index contributed by atoms with van der Waals surface area (Å²) < 4.78 is 34.5. The van der Waals surface area contributed by atoms with Crippen molar-refractivity contribution in [3.05, 3.63) is 63.4 Å². The van der Waals surface area contributed by atoms with E-state index in [1.54, 1.807) is 6.92 Å². The highest BCUT2D eigenvalue weighted by Gasteiger charge is 2.23. The van der Waals surface area contributed by atoms with E-state index in [9.17, 15) is 13.0 Å². The van der Waals surface area contributed by atoms with Gasteiger partial charge in [0.1, 0.15) is 5.69 Å². The zero-order chi connectivity index (χ0) is 17.5. The normalized spacial score (nSPS) is 11.7. The maximum Gasteiger partial charge on any atom is 0.379 e. The number of aryl methyl sites for hydroxylation is 1. The van der Waals surface area contributed by atoms with Crippen LogP contribution in [-0.4, -0.2) is 22.2 Å². The van der Waals surface area contributed by atoms with Crippen molar-refractivity contribution >= 4 is 32.9 Å². The van der Waals surface area contributed by atoms with Crippen molar-refractivity contribution in [2.24, 2.45) is 0 Å². The molecule has 0 amide bonds. The third-order valence-corrected chi connectivity index (χ3v) is 5.26. The molecule has 0 bridgehead atoms. The molecule has 0 radical (unpaired) electrons. The molecule has 7 heteroatoms. The molecule has 124 valence electrons. The van der Waals surface area contributed by atoms with Crippen molar-refractivity contribution in [3.63, 3.8) is 0 Å². The van der Waals surface area contributed by atoms with Gasteiger partial charge in [-0.05, 0) is 54.1 Å². The summed E-state index contributed by atoms with van der Waals surface area (Å²) in [6.45, 7) is 3.61. The summed E-state index contributed by atoms with van der Waals surface area (Å²) in [6.07, 6.45) is 0. The summed E-state index contributed by atoms with van der Waals surface area (Å²) in [6, 6.07) is 15.4. The van der Waals surface area contributed by atoms with E-state index in [4.69, 9.17) is 0 Å². The summed E-state index contributed by atoms with van der Waals surface area (Å²) in [5.74, 6) is 0. The number of halogens is 1. The van der Waals surface area contributed by atoms with Gasteiger partial charge in [0.25, 0.3) is 0 Å². The zero-order valence-electron chi connectivity index (χ0n) is 13.1. The average molecular weight is 454 g/mol. The van der Waals surface area contributed by atoms with Gasteiger partial charge in [0.05, 0.1) is 5.69 Å². The fourth-order valence-corrected chi connectivity index (χ4v) is 3.56. The Morgan fingerprint density at radius 3 is 2.04 bits per heavy atom. The Morgan fingerprint density at radius 2 is 1.50 bits per heavy atom. The molecule has 0 saturated heterocycles. The van der Waals surface area contributed by atoms with Crippen LogP contribution in [0.2, 0.25) is 0 Å². The second kappa shape index (κ2) is 6.30. The number of rotatable bonds is 3. The summed E-state index contributed by atoms with van der Waals surface area (Å²) >= 11 is 2.21. The minimum atomic E-state index is -4.46. The van der Waals surface area contributed by atoms with Crippen LogP contribution in [0.15, 0.2) is 48.5 Å². The van der Waals surface area contributed by atoms with E-state index < -0.39 is 10.3 Å². The number of nitrogens with zero attached hydrogens (tertiary/aromatic N) is 2. The Kier molecular flexibility index (Phi) is 4.50. The Morgan fingerprint density at radius 1 is 0.958 bits per heavy atom. The molecule has 0 aliphatic rings. The molecule has 0 atom stereocenters. The summed E-state index contributed by atoms with van der Waals surface area (Å²) in [5, 5.41) is 4.16. The molecule has 0 aliphatic carbocycles. The Hall–Kier alpha value is -1.71. The largest absolute Gasteiger partial charge is 0.379 e. The van der Waals surface area contributed by atoms with Crippen LogP contribution >= 0.6 is 22.6 Å². The first-order valence-corrected chi connectivity index (χ1v) is 9.65. The van der Waals surface area contributed by atoms with E-state index in [0.717, 1.165) is 20.3 Å². The summed E-state index contributed by atoms with van der Waals surface area (Å²) in [4.78, 5) is 0. The van der Waals surface area contributed by atoms with Gasteiger partial charge in [-0.1, -0.05) is 42.0 Å². The second-order valence-electron chi connectivity index (χ2n) is 5.50. The molecule has 1 heterocycles. The van der Waals surface area contributed by atoms with Crippen molar-refractivity contribution in [1.29, 1.82) is 0 Å². The lowest BCUT2D eigenvalue weighted by molar-refractivity contribution is 0.464. The highest BCUT2D eigenvalue weighted by Crippen LogP contribution is 2.35. The van der Waals surface area contributed by atoms with Crippen molar-refractivity contribution < 1.29 is 13.0 Å². The predicted octanol–water partition coefficient (Wildman–Crippen LogP) is 4.09. The van der Waals surface area contributed by atoms with E-state index in [1.807, 2.05) is 55.5 Å². The lowest BCUT2D eigenvalue weighted by Gasteiger charge is -2.05. The van der Waals surface area contributed by atoms with Gasteiger partial charge < -0.3 is 0 Å². The molecule has 0 aliphatic heterocycles. The smallest absolute Gasteiger partial charge is 0.268 e. The summed E-state index contributed by atoms with van der Waals surface area (Å²) in [5.41, 5.74) is 4.31. The number of benzene rings is 2. The number of hydrogen-bond acceptors (Lipinski definition) is 3. The molecule has 1 aromatic heterocycles. The molecule has 3 rings (SSSR count). The molecular weight excluding hydrogens is 439 g/mol. The molecule has 0 spiro atoms. The molecule has 1 N–H and O–H groups in total. The van der Waals surface area contributed by atoms with Crippen molar-refractivity contribution in [2.45, 2.75) is 13.8 Å². The van der Waals surface area contributed by atoms with Gasteiger partial charge in [-0.25, -0.2) is 0 Å². The minimum Gasteiger partial charge on any atom is -0.268 e. The van der Waals surface area contributed by atoms with Gasteiger partial charge in [0.15, 0.2) is 0 Å². The Balaban J connectivity index is 2.31. The van der Waals surface area contributed by atoms with Crippen LogP contribution in [0.25, 0.3) is 22.4 Å². The van der Waals surface area contributed by atoms with Gasteiger partial charge >= 0.3 is 10.3 Å². The Bertz CT molecular complexity index is 992. The molecule has 0 unspecified atom stereocenters. The van der Waals surface area contributed by atoms with Gasteiger partial charge in [-0.3, -0.25) is 4.55 Å². The van der Waals surface area contributed by atoms with Crippen LogP contribution in [0.1, 0.15) is 11.3 Å². The van der Waals surface area contributed by atoms with Crippen molar-refractivity contribution in [2.75, 3.05) is 0 Å². The molecule has 0 fully saturated rings. The highest BCUT2D eigenvalue weighted by atomic mass is 127. The lowest BCUT2D eigenvalue weighted by atomic mass is 9.99. The van der Waals surface area contributed by atoms with E-state index in [2.05, 4.69) is 27.7 Å².